The Morgan fingerprint density at radius 1 is 1.09 bits per heavy atom. The zero-order chi connectivity index (χ0) is 16.3. The number of aliphatic hydroxyl groups is 1. The van der Waals surface area contributed by atoms with Gasteiger partial charge in [-0.3, -0.25) is 4.79 Å². The van der Waals surface area contributed by atoms with Gasteiger partial charge in [0.05, 0.1) is 11.1 Å². The number of carboxylic acid groups (broad SMARTS) is 1. The van der Waals surface area contributed by atoms with Crippen LogP contribution in [0.4, 0.5) is 0 Å². The van der Waals surface area contributed by atoms with Gasteiger partial charge in [-0.25, -0.2) is 4.79 Å². The molecule has 22 heavy (non-hydrogen) atoms. The van der Waals surface area contributed by atoms with E-state index in [2.05, 4.69) is 5.10 Å². The topological polar surface area (TPSA) is 127 Å². The van der Waals surface area contributed by atoms with Crippen LogP contribution >= 0.6 is 0 Å². The van der Waals surface area contributed by atoms with Gasteiger partial charge in [-0.2, -0.15) is 13.5 Å². The number of rotatable bonds is 5. The van der Waals surface area contributed by atoms with Gasteiger partial charge in [0.25, 0.3) is 10.0 Å². The van der Waals surface area contributed by atoms with Crippen LogP contribution in [0.15, 0.2) is 59.3 Å². The number of aromatic nitrogens is 2. The lowest BCUT2D eigenvalue weighted by Gasteiger charge is -2.06. The minimum absolute atomic E-state index is 0.0841. The Hall–Kier alpha value is -2.94. The minimum Gasteiger partial charge on any atom is -0.502 e. The number of carboxylic acids is 1. The Morgan fingerprint density at radius 3 is 2.32 bits per heavy atom. The molecule has 0 aliphatic rings. The van der Waals surface area contributed by atoms with Crippen LogP contribution in [0.2, 0.25) is 0 Å². The number of aliphatic carboxylic acids is 1. The molecule has 0 radical (unpaired) electrons. The maximum Gasteiger partial charge on any atom is 0.371 e. The summed E-state index contributed by atoms with van der Waals surface area (Å²) < 4.78 is 25.3. The molecule has 0 aliphatic heterocycles. The van der Waals surface area contributed by atoms with Gasteiger partial charge in [-0.05, 0) is 18.2 Å². The molecule has 1 aromatic carbocycles. The fourth-order valence-electron chi connectivity index (χ4n) is 1.61. The van der Waals surface area contributed by atoms with Crippen molar-refractivity contribution >= 4 is 21.8 Å². The van der Waals surface area contributed by atoms with E-state index in [4.69, 9.17) is 10.2 Å². The molecule has 0 atom stereocenters. The van der Waals surface area contributed by atoms with E-state index in [0.717, 1.165) is 12.3 Å². The molecular weight excluding hydrogens is 312 g/mol. The van der Waals surface area contributed by atoms with Crippen LogP contribution in [0, 0.1) is 0 Å². The van der Waals surface area contributed by atoms with E-state index in [1.54, 1.807) is 6.07 Å². The Bertz CT molecular complexity index is 852. The lowest BCUT2D eigenvalue weighted by Crippen LogP contribution is -2.19. The fourth-order valence-corrected chi connectivity index (χ4v) is 2.90. The maximum absolute atomic E-state index is 12.4. The summed E-state index contributed by atoms with van der Waals surface area (Å²) >= 11 is 0. The molecule has 2 N–H and O–H groups in total. The Balaban J connectivity index is 2.49. The predicted molar refractivity (Wildman–Crippen MR) is 73.9 cm³/mol. The summed E-state index contributed by atoms with van der Waals surface area (Å²) in [5, 5.41) is 21.2. The Kier molecular flexibility index (Phi) is 4.08. The average molecular weight is 322 g/mol. The van der Waals surface area contributed by atoms with Crippen LogP contribution in [0.25, 0.3) is 0 Å². The molecule has 2 rings (SSSR count). The number of ketones is 1. The van der Waals surface area contributed by atoms with Crippen molar-refractivity contribution in [1.82, 2.24) is 9.19 Å². The lowest BCUT2D eigenvalue weighted by atomic mass is 10.2. The number of hydrogen-bond acceptors (Lipinski definition) is 6. The number of carbonyl (C=O) groups is 2. The van der Waals surface area contributed by atoms with Gasteiger partial charge in [0.1, 0.15) is 5.69 Å². The van der Waals surface area contributed by atoms with Gasteiger partial charge in [0.15, 0.2) is 0 Å². The van der Waals surface area contributed by atoms with Crippen LogP contribution in [-0.2, 0) is 14.8 Å². The number of hydrogen-bond donors (Lipinski definition) is 2. The highest BCUT2D eigenvalue weighted by molar-refractivity contribution is 7.89. The first-order valence-corrected chi connectivity index (χ1v) is 7.31. The van der Waals surface area contributed by atoms with Gasteiger partial charge in [-0.15, -0.1) is 4.09 Å². The first-order valence-electron chi connectivity index (χ1n) is 5.87. The average Bonchev–Trinajstić information content (AvgIpc) is 2.98. The van der Waals surface area contributed by atoms with Crippen molar-refractivity contribution in [1.29, 1.82) is 0 Å². The molecule has 0 amide bonds. The summed E-state index contributed by atoms with van der Waals surface area (Å²) in [4.78, 5) is 22.3. The maximum atomic E-state index is 12.4. The highest BCUT2D eigenvalue weighted by Crippen LogP contribution is 2.15. The van der Waals surface area contributed by atoms with E-state index in [9.17, 15) is 18.0 Å². The molecule has 1 aromatic heterocycles. The summed E-state index contributed by atoms with van der Waals surface area (Å²) in [5.74, 6) is -3.91. The molecule has 0 unspecified atom stereocenters. The molecule has 0 bridgehead atoms. The summed E-state index contributed by atoms with van der Waals surface area (Å²) in [7, 11) is -4.10. The summed E-state index contributed by atoms with van der Waals surface area (Å²) in [6.07, 6.45) is 1.50. The second-order valence-corrected chi connectivity index (χ2v) is 5.84. The van der Waals surface area contributed by atoms with Crippen molar-refractivity contribution < 1.29 is 28.2 Å². The van der Waals surface area contributed by atoms with Crippen molar-refractivity contribution in [3.63, 3.8) is 0 Å². The van der Waals surface area contributed by atoms with Crippen molar-refractivity contribution in [3.8, 4) is 0 Å². The van der Waals surface area contributed by atoms with Crippen LogP contribution in [0.3, 0.4) is 0 Å². The summed E-state index contributed by atoms with van der Waals surface area (Å²) in [6.45, 7) is 0. The standard InChI is InChI=1S/C13H10N2O6S/c16-11(8-12(17)13(18)19)10-6-7-14-15(10)22(20,21)9-4-2-1-3-5-9/h1-8,17H,(H,18,19). The molecule has 114 valence electrons. The Labute approximate surface area is 125 Å². The first-order chi connectivity index (χ1) is 10.3. The van der Waals surface area contributed by atoms with E-state index in [0.29, 0.717) is 10.2 Å². The molecular formula is C13H10N2O6S. The quantitative estimate of drug-likeness (QED) is 0.474. The smallest absolute Gasteiger partial charge is 0.371 e. The predicted octanol–water partition coefficient (Wildman–Crippen LogP) is 0.829. The SMILES string of the molecule is O=C(O)C(O)=CC(=O)c1ccnn1S(=O)(=O)c1ccccc1. The molecule has 0 saturated carbocycles. The first kappa shape index (κ1) is 15.4. The number of aliphatic hydroxyl groups excluding tert-OH is 1. The van der Waals surface area contributed by atoms with Gasteiger partial charge >= 0.3 is 5.97 Å². The van der Waals surface area contributed by atoms with E-state index >= 15 is 0 Å². The Morgan fingerprint density at radius 2 is 1.73 bits per heavy atom. The molecule has 9 heteroatoms. The van der Waals surface area contributed by atoms with Crippen molar-refractivity contribution in [2.45, 2.75) is 4.90 Å². The van der Waals surface area contributed by atoms with Gasteiger partial charge in [0.2, 0.25) is 11.5 Å². The summed E-state index contributed by atoms with van der Waals surface area (Å²) in [5.41, 5.74) is -0.392. The number of carbonyl (C=O) groups excluding carboxylic acids is 1. The molecule has 0 fully saturated rings. The molecule has 1 heterocycles. The van der Waals surface area contributed by atoms with Crippen LogP contribution in [0.1, 0.15) is 10.5 Å². The monoisotopic (exact) mass is 322 g/mol. The van der Waals surface area contributed by atoms with Crippen LogP contribution in [-0.4, -0.2) is 39.6 Å². The fraction of sp³-hybridized carbons (Fsp3) is 0. The molecule has 8 nitrogen and oxygen atoms in total. The third-order valence-electron chi connectivity index (χ3n) is 2.62. The van der Waals surface area contributed by atoms with Gasteiger partial charge in [-0.1, -0.05) is 18.2 Å². The molecule has 2 aromatic rings. The lowest BCUT2D eigenvalue weighted by molar-refractivity contribution is -0.135. The van der Waals surface area contributed by atoms with E-state index < -0.39 is 33.2 Å². The van der Waals surface area contributed by atoms with Crippen molar-refractivity contribution in [2.24, 2.45) is 0 Å². The highest BCUT2D eigenvalue weighted by Gasteiger charge is 2.24. The van der Waals surface area contributed by atoms with Gasteiger partial charge in [0, 0.05) is 6.08 Å². The third-order valence-corrected chi connectivity index (χ3v) is 4.23. The molecule has 0 saturated heterocycles. The molecule has 0 spiro atoms. The van der Waals surface area contributed by atoms with Crippen LogP contribution < -0.4 is 0 Å². The largest absolute Gasteiger partial charge is 0.502 e. The van der Waals surface area contributed by atoms with E-state index in [1.807, 2.05) is 0 Å². The minimum atomic E-state index is -4.10. The summed E-state index contributed by atoms with van der Waals surface area (Å²) in [6, 6.07) is 8.41. The third kappa shape index (κ3) is 2.88. The zero-order valence-corrected chi connectivity index (χ0v) is 11.8. The van der Waals surface area contributed by atoms with Crippen molar-refractivity contribution in [3.05, 3.63) is 60.1 Å². The number of allylic oxidation sites excluding steroid dienone is 1. The zero-order valence-electron chi connectivity index (χ0n) is 10.9. The van der Waals surface area contributed by atoms with Crippen LogP contribution in [0.5, 0.6) is 0 Å². The van der Waals surface area contributed by atoms with Crippen molar-refractivity contribution in [2.75, 3.05) is 0 Å². The van der Waals surface area contributed by atoms with Gasteiger partial charge < -0.3 is 10.2 Å². The number of nitrogens with zero attached hydrogens (tertiary/aromatic N) is 2. The number of benzene rings is 1. The van der Waals surface area contributed by atoms with E-state index in [1.165, 1.54) is 24.3 Å². The molecule has 0 aliphatic carbocycles. The highest BCUT2D eigenvalue weighted by atomic mass is 32.2. The second-order valence-electron chi connectivity index (χ2n) is 4.08. The normalized spacial score (nSPS) is 12.1. The second kappa shape index (κ2) is 5.82. The van der Waals surface area contributed by atoms with E-state index in [-0.39, 0.29) is 4.90 Å².